The highest BCUT2D eigenvalue weighted by Gasteiger charge is 2.64. The molecule has 32 heavy (non-hydrogen) atoms. The molecule has 0 aromatic heterocycles. The summed E-state index contributed by atoms with van der Waals surface area (Å²) in [4.78, 5) is 26.2. The second kappa shape index (κ2) is 7.57. The molecule has 2 aromatic rings. The zero-order chi connectivity index (χ0) is 22.5. The molecule has 5 nitrogen and oxygen atoms in total. The van der Waals surface area contributed by atoms with Gasteiger partial charge < -0.3 is 14.7 Å². The Morgan fingerprint density at radius 2 is 1.62 bits per heavy atom. The maximum Gasteiger partial charge on any atom is 0.409 e. The SMILES string of the molecule is O=C(OCC1c2ccccc2-c2ccccc21)N1CCCC(C2(C(=O)O)CC(F)(F)C2)C1. The summed E-state index contributed by atoms with van der Waals surface area (Å²) in [5.41, 5.74) is 3.04. The normalized spacial score (nSPS) is 23.1. The molecule has 7 heteroatoms. The van der Waals surface area contributed by atoms with Gasteiger partial charge in [-0.15, -0.1) is 0 Å². The second-order valence-corrected chi connectivity index (χ2v) is 9.26. The summed E-state index contributed by atoms with van der Waals surface area (Å²) in [5, 5.41) is 9.66. The predicted molar refractivity (Wildman–Crippen MR) is 114 cm³/mol. The number of carboxylic acid groups (broad SMARTS) is 1. The zero-order valence-electron chi connectivity index (χ0n) is 17.6. The molecule has 2 aliphatic carbocycles. The van der Waals surface area contributed by atoms with E-state index in [9.17, 15) is 23.5 Å². The number of rotatable bonds is 4. The van der Waals surface area contributed by atoms with E-state index >= 15 is 0 Å². The Labute approximate surface area is 185 Å². The molecule has 1 aliphatic heterocycles. The summed E-state index contributed by atoms with van der Waals surface area (Å²) in [6.45, 7) is 0.758. The number of aliphatic carboxylic acids is 1. The molecule has 1 heterocycles. The number of hydrogen-bond donors (Lipinski definition) is 1. The van der Waals surface area contributed by atoms with E-state index in [0.717, 1.165) is 22.3 Å². The van der Waals surface area contributed by atoms with Crippen LogP contribution in [0.1, 0.15) is 42.7 Å². The fourth-order valence-electron chi connectivity index (χ4n) is 5.77. The van der Waals surface area contributed by atoms with Gasteiger partial charge in [0.15, 0.2) is 0 Å². The van der Waals surface area contributed by atoms with Crippen LogP contribution in [0.5, 0.6) is 0 Å². The van der Waals surface area contributed by atoms with Gasteiger partial charge in [-0.05, 0) is 41.0 Å². The van der Waals surface area contributed by atoms with E-state index in [-0.39, 0.29) is 19.1 Å². The number of hydrogen-bond acceptors (Lipinski definition) is 3. The van der Waals surface area contributed by atoms with E-state index in [1.54, 1.807) is 0 Å². The molecule has 0 bridgehead atoms. The van der Waals surface area contributed by atoms with Crippen LogP contribution < -0.4 is 0 Å². The van der Waals surface area contributed by atoms with Crippen molar-refractivity contribution in [2.45, 2.75) is 37.5 Å². The quantitative estimate of drug-likeness (QED) is 0.713. The number of carbonyl (C=O) groups is 2. The van der Waals surface area contributed by atoms with Gasteiger partial charge in [0.05, 0.1) is 5.41 Å². The first-order valence-corrected chi connectivity index (χ1v) is 11.0. The average molecular weight is 441 g/mol. The fourth-order valence-corrected chi connectivity index (χ4v) is 5.77. The van der Waals surface area contributed by atoms with Gasteiger partial charge in [0.1, 0.15) is 6.61 Å². The van der Waals surface area contributed by atoms with Crippen LogP contribution in [0.4, 0.5) is 13.6 Å². The van der Waals surface area contributed by atoms with Gasteiger partial charge in [0.2, 0.25) is 5.92 Å². The van der Waals surface area contributed by atoms with Gasteiger partial charge in [-0.2, -0.15) is 0 Å². The Morgan fingerprint density at radius 3 is 2.19 bits per heavy atom. The van der Waals surface area contributed by atoms with Crippen molar-refractivity contribution in [1.29, 1.82) is 0 Å². The lowest BCUT2D eigenvalue weighted by Gasteiger charge is -2.51. The third-order valence-corrected chi connectivity index (χ3v) is 7.37. The number of nitrogens with zero attached hydrogens (tertiary/aromatic N) is 1. The molecular weight excluding hydrogens is 416 g/mol. The van der Waals surface area contributed by atoms with E-state index in [1.165, 1.54) is 4.90 Å². The minimum atomic E-state index is -2.94. The van der Waals surface area contributed by atoms with Gasteiger partial charge >= 0.3 is 12.1 Å². The molecule has 1 saturated carbocycles. The van der Waals surface area contributed by atoms with Gasteiger partial charge in [0.25, 0.3) is 0 Å². The van der Waals surface area contributed by atoms with Gasteiger partial charge in [0, 0.05) is 31.8 Å². The van der Waals surface area contributed by atoms with Crippen LogP contribution >= 0.6 is 0 Å². The number of carbonyl (C=O) groups excluding carboxylic acids is 1. The van der Waals surface area contributed by atoms with Crippen LogP contribution in [0.3, 0.4) is 0 Å². The monoisotopic (exact) mass is 441 g/mol. The van der Waals surface area contributed by atoms with Crippen molar-refractivity contribution in [3.63, 3.8) is 0 Å². The van der Waals surface area contributed by atoms with Crippen molar-refractivity contribution < 1.29 is 28.2 Å². The van der Waals surface area contributed by atoms with E-state index in [1.807, 2.05) is 36.4 Å². The number of amides is 1. The van der Waals surface area contributed by atoms with E-state index in [4.69, 9.17) is 4.74 Å². The van der Waals surface area contributed by atoms with Crippen molar-refractivity contribution in [3.05, 3.63) is 59.7 Å². The Kier molecular flexibility index (Phi) is 4.95. The minimum absolute atomic E-state index is 0.0670. The number of halogens is 2. The summed E-state index contributed by atoms with van der Waals surface area (Å²) in [6, 6.07) is 16.1. The van der Waals surface area contributed by atoms with Crippen molar-refractivity contribution in [2.75, 3.05) is 19.7 Å². The van der Waals surface area contributed by atoms with Crippen LogP contribution in [-0.2, 0) is 9.53 Å². The standard InChI is InChI=1S/C25H25F2NO4/c26-25(27)14-24(15-25,22(29)30)16-6-5-11-28(12-16)23(31)32-13-21-19-9-3-1-7-17(19)18-8-2-4-10-20(18)21/h1-4,7-10,16,21H,5-6,11-15H2,(H,29,30). The highest BCUT2D eigenvalue weighted by atomic mass is 19.3. The van der Waals surface area contributed by atoms with Crippen molar-refractivity contribution in [3.8, 4) is 11.1 Å². The Balaban J connectivity index is 1.28. The molecule has 5 rings (SSSR count). The molecule has 2 aromatic carbocycles. The number of likely N-dealkylation sites (tertiary alicyclic amines) is 1. The summed E-state index contributed by atoms with van der Waals surface area (Å²) < 4.78 is 32.8. The number of benzene rings is 2. The van der Waals surface area contributed by atoms with Crippen LogP contribution in [0, 0.1) is 11.3 Å². The lowest BCUT2D eigenvalue weighted by atomic mass is 9.57. The lowest BCUT2D eigenvalue weighted by Crippen LogP contribution is -2.59. The molecule has 1 saturated heterocycles. The highest BCUT2D eigenvalue weighted by molar-refractivity contribution is 5.79. The average Bonchev–Trinajstić information content (AvgIpc) is 3.09. The van der Waals surface area contributed by atoms with Crippen LogP contribution in [-0.4, -0.2) is 47.7 Å². The first-order valence-electron chi connectivity index (χ1n) is 11.0. The zero-order valence-corrected chi connectivity index (χ0v) is 17.6. The third-order valence-electron chi connectivity index (χ3n) is 7.37. The third kappa shape index (κ3) is 3.34. The van der Waals surface area contributed by atoms with Crippen LogP contribution in [0.15, 0.2) is 48.5 Å². The number of piperidine rings is 1. The summed E-state index contributed by atoms with van der Waals surface area (Å²) in [6.07, 6.45) is -0.717. The predicted octanol–water partition coefficient (Wildman–Crippen LogP) is 5.15. The molecule has 1 amide bonds. The number of fused-ring (bicyclic) bond motifs is 3. The smallest absolute Gasteiger partial charge is 0.409 e. The van der Waals surface area contributed by atoms with Crippen LogP contribution in [0.25, 0.3) is 11.1 Å². The number of ether oxygens (including phenoxy) is 1. The summed E-state index contributed by atoms with van der Waals surface area (Å²) >= 11 is 0. The van der Waals surface area contributed by atoms with Gasteiger partial charge in [-0.25, -0.2) is 13.6 Å². The summed E-state index contributed by atoms with van der Waals surface area (Å²) in [7, 11) is 0. The Morgan fingerprint density at radius 1 is 1.03 bits per heavy atom. The second-order valence-electron chi connectivity index (χ2n) is 9.26. The molecule has 168 valence electrons. The molecular formula is C25H25F2NO4. The molecule has 2 fully saturated rings. The van der Waals surface area contributed by atoms with Crippen molar-refractivity contribution in [1.82, 2.24) is 4.90 Å². The summed E-state index contributed by atoms with van der Waals surface area (Å²) in [5.74, 6) is -4.69. The highest BCUT2D eigenvalue weighted by Crippen LogP contribution is 2.58. The van der Waals surface area contributed by atoms with E-state index in [2.05, 4.69) is 12.1 Å². The molecule has 3 aliphatic rings. The maximum absolute atomic E-state index is 13.6. The molecule has 1 unspecified atom stereocenters. The van der Waals surface area contributed by atoms with Crippen LogP contribution in [0.2, 0.25) is 0 Å². The molecule has 1 atom stereocenters. The first-order chi connectivity index (χ1) is 15.3. The maximum atomic E-state index is 13.6. The fraction of sp³-hybridized carbons (Fsp3) is 0.440. The Bertz CT molecular complexity index is 1020. The largest absolute Gasteiger partial charge is 0.481 e. The van der Waals surface area contributed by atoms with Gasteiger partial charge in [-0.1, -0.05) is 48.5 Å². The van der Waals surface area contributed by atoms with Crippen molar-refractivity contribution >= 4 is 12.1 Å². The first kappa shape index (κ1) is 20.9. The van der Waals surface area contributed by atoms with Gasteiger partial charge in [-0.3, -0.25) is 4.79 Å². The molecule has 0 radical (unpaired) electrons. The van der Waals surface area contributed by atoms with Crippen molar-refractivity contribution in [2.24, 2.45) is 11.3 Å². The lowest BCUT2D eigenvalue weighted by molar-refractivity contribution is -0.210. The minimum Gasteiger partial charge on any atom is -0.481 e. The molecule has 0 spiro atoms. The Hall–Kier alpha value is -2.96. The van der Waals surface area contributed by atoms with E-state index in [0.29, 0.717) is 19.4 Å². The van der Waals surface area contributed by atoms with E-state index < -0.39 is 42.2 Å². The topological polar surface area (TPSA) is 66.8 Å². The molecule has 1 N–H and O–H groups in total. The number of alkyl halides is 2. The number of carboxylic acids is 1.